The van der Waals surface area contributed by atoms with Crippen LogP contribution in [0, 0.1) is 6.92 Å². The summed E-state index contributed by atoms with van der Waals surface area (Å²) in [5, 5.41) is 6.33. The Morgan fingerprint density at radius 2 is 1.65 bits per heavy atom. The molecule has 2 aromatic carbocycles. The molecule has 1 aliphatic heterocycles. The Kier molecular flexibility index (Phi) is 7.38. The molecule has 1 saturated heterocycles. The van der Waals surface area contributed by atoms with Gasteiger partial charge in [-0.05, 0) is 62.9 Å². The molecule has 2 fully saturated rings. The lowest BCUT2D eigenvalue weighted by Gasteiger charge is -2.32. The number of carbonyl (C=O) groups is 3. The van der Waals surface area contributed by atoms with Crippen molar-refractivity contribution in [2.75, 3.05) is 18.4 Å². The Bertz CT molecular complexity index is 1050. The Morgan fingerprint density at radius 3 is 2.32 bits per heavy atom. The van der Waals surface area contributed by atoms with Crippen molar-refractivity contribution in [1.82, 2.24) is 15.1 Å². The average molecular weight is 484 g/mol. The molecule has 0 aromatic heterocycles. The van der Waals surface area contributed by atoms with Gasteiger partial charge in [-0.3, -0.25) is 14.5 Å². The monoisotopic (exact) mass is 483 g/mol. The van der Waals surface area contributed by atoms with Crippen LogP contribution in [-0.4, -0.2) is 59.0 Å². The Morgan fingerprint density at radius 1 is 0.971 bits per heavy atom. The zero-order valence-corrected chi connectivity index (χ0v) is 19.9. The molecule has 1 unspecified atom stereocenters. The summed E-state index contributed by atoms with van der Waals surface area (Å²) in [5.74, 6) is -0.649. The van der Waals surface area contributed by atoms with Crippen LogP contribution in [0.4, 0.5) is 10.5 Å². The number of nitrogens with one attached hydrogen (secondary N) is 2. The summed E-state index contributed by atoms with van der Waals surface area (Å²) in [4.78, 5) is 42.8. The third kappa shape index (κ3) is 5.51. The molecule has 1 atom stereocenters. The van der Waals surface area contributed by atoms with Crippen molar-refractivity contribution in [3.8, 4) is 0 Å². The van der Waals surface area contributed by atoms with Gasteiger partial charge in [0.2, 0.25) is 0 Å². The van der Waals surface area contributed by atoms with Crippen LogP contribution in [0.5, 0.6) is 0 Å². The Hall–Kier alpha value is -3.10. The van der Waals surface area contributed by atoms with Crippen molar-refractivity contribution in [2.24, 2.45) is 5.73 Å². The second kappa shape index (κ2) is 10.4. The first-order valence-electron chi connectivity index (χ1n) is 11.6. The van der Waals surface area contributed by atoms with Crippen LogP contribution in [0.25, 0.3) is 0 Å². The minimum atomic E-state index is -1.05. The van der Waals surface area contributed by atoms with Gasteiger partial charge in [-0.15, -0.1) is 0 Å². The summed E-state index contributed by atoms with van der Waals surface area (Å²) in [7, 11) is 0. The molecule has 0 spiro atoms. The van der Waals surface area contributed by atoms with Gasteiger partial charge in [0.25, 0.3) is 11.8 Å². The largest absolute Gasteiger partial charge is 0.350 e. The first-order chi connectivity index (χ1) is 16.3. The average Bonchev–Trinajstić information content (AvgIpc) is 3.26. The van der Waals surface area contributed by atoms with E-state index < -0.39 is 12.2 Å². The molecule has 4 rings (SSSR count). The number of rotatable bonds is 4. The third-order valence-electron chi connectivity index (χ3n) is 6.42. The van der Waals surface area contributed by atoms with Gasteiger partial charge < -0.3 is 21.3 Å². The molecule has 8 nitrogen and oxygen atoms in total. The van der Waals surface area contributed by atoms with Crippen LogP contribution in [0.1, 0.15) is 41.6 Å². The number of nitrogens with two attached hydrogens (primary N) is 1. The zero-order chi connectivity index (χ0) is 24.2. The number of amides is 4. The van der Waals surface area contributed by atoms with Crippen LogP contribution < -0.4 is 16.4 Å². The molecule has 4 amide bonds. The van der Waals surface area contributed by atoms with Crippen molar-refractivity contribution in [2.45, 2.75) is 50.9 Å². The molecular weight excluding hydrogens is 454 g/mol. The number of aryl methyl sites for hydroxylation is 1. The number of halogens is 1. The van der Waals surface area contributed by atoms with E-state index in [1.165, 1.54) is 9.80 Å². The molecule has 0 radical (unpaired) electrons. The predicted octanol–water partition coefficient (Wildman–Crippen LogP) is 3.35. The van der Waals surface area contributed by atoms with E-state index in [0.717, 1.165) is 31.2 Å². The lowest BCUT2D eigenvalue weighted by atomic mass is 9.92. The minimum Gasteiger partial charge on any atom is -0.350 e. The number of urea groups is 1. The fraction of sp³-hybridized carbons (Fsp3) is 0.400. The summed E-state index contributed by atoms with van der Waals surface area (Å²) in [6.07, 6.45) is 2.17. The van der Waals surface area contributed by atoms with E-state index in [1.54, 1.807) is 36.4 Å². The highest BCUT2D eigenvalue weighted by atomic mass is 35.5. The number of hydrogen-bond acceptors (Lipinski definition) is 4. The highest BCUT2D eigenvalue weighted by Gasteiger charge is 2.43. The van der Waals surface area contributed by atoms with Crippen molar-refractivity contribution in [3.63, 3.8) is 0 Å². The van der Waals surface area contributed by atoms with Gasteiger partial charge in [0.05, 0.1) is 0 Å². The van der Waals surface area contributed by atoms with Crippen LogP contribution >= 0.6 is 11.6 Å². The van der Waals surface area contributed by atoms with Gasteiger partial charge in [-0.1, -0.05) is 35.4 Å². The maximum Gasteiger partial charge on any atom is 0.323 e. The highest BCUT2D eigenvalue weighted by Crippen LogP contribution is 2.23. The molecular formula is C25H30ClN5O3. The highest BCUT2D eigenvalue weighted by molar-refractivity contribution is 6.30. The molecule has 34 heavy (non-hydrogen) atoms. The van der Waals surface area contributed by atoms with Gasteiger partial charge in [0.1, 0.15) is 0 Å². The van der Waals surface area contributed by atoms with Gasteiger partial charge in [0.15, 0.2) is 6.17 Å². The van der Waals surface area contributed by atoms with Crippen LogP contribution in [0.2, 0.25) is 5.02 Å². The molecule has 1 saturated carbocycles. The third-order valence-corrected chi connectivity index (χ3v) is 6.66. The Balaban J connectivity index is 1.55. The summed E-state index contributed by atoms with van der Waals surface area (Å²) in [5.41, 5.74) is 8.02. The molecule has 9 heteroatoms. The van der Waals surface area contributed by atoms with Crippen molar-refractivity contribution in [1.29, 1.82) is 0 Å². The standard InChI is InChI=1S/C25H30ClN5O3/c1-16-5-7-17(8-6-16)24(33)30-13-14-31(25(34)29-21-4-2-3-18(26)15-21)23(30)22(32)28-20-11-9-19(27)10-12-20/h2-8,15,19-20,23H,9-14,27H2,1H3,(H,28,32)(H,29,34). The van der Waals surface area contributed by atoms with Crippen molar-refractivity contribution < 1.29 is 14.4 Å². The van der Waals surface area contributed by atoms with Crippen LogP contribution in [-0.2, 0) is 4.79 Å². The molecule has 2 aromatic rings. The first kappa shape index (κ1) is 24.0. The van der Waals surface area contributed by atoms with E-state index in [9.17, 15) is 14.4 Å². The fourth-order valence-electron chi connectivity index (χ4n) is 4.50. The van der Waals surface area contributed by atoms with Crippen molar-refractivity contribution >= 4 is 35.1 Å². The quantitative estimate of drug-likeness (QED) is 0.619. The van der Waals surface area contributed by atoms with Crippen LogP contribution in [0.15, 0.2) is 48.5 Å². The molecule has 4 N–H and O–H groups in total. The SMILES string of the molecule is Cc1ccc(C(=O)N2CCN(C(=O)Nc3cccc(Cl)c3)C2C(=O)NC2CCC(N)CC2)cc1. The summed E-state index contributed by atoms with van der Waals surface area (Å²) >= 11 is 6.04. The lowest BCUT2D eigenvalue weighted by Crippen LogP contribution is -2.56. The normalized spacial score (nSPS) is 22.4. The van der Waals surface area contributed by atoms with Gasteiger partial charge in [0, 0.05) is 41.4 Å². The topological polar surface area (TPSA) is 108 Å². The molecule has 1 heterocycles. The fourth-order valence-corrected chi connectivity index (χ4v) is 4.69. The van der Waals surface area contributed by atoms with Gasteiger partial charge in [-0.2, -0.15) is 0 Å². The lowest BCUT2D eigenvalue weighted by molar-refractivity contribution is -0.128. The van der Waals surface area contributed by atoms with Crippen LogP contribution in [0.3, 0.4) is 0 Å². The van der Waals surface area contributed by atoms with E-state index in [4.69, 9.17) is 17.3 Å². The molecule has 1 aliphatic carbocycles. The zero-order valence-electron chi connectivity index (χ0n) is 19.2. The maximum absolute atomic E-state index is 13.4. The molecule has 2 aliphatic rings. The maximum atomic E-state index is 13.4. The molecule has 0 bridgehead atoms. The number of carbonyl (C=O) groups excluding carboxylic acids is 3. The minimum absolute atomic E-state index is 0.0259. The van der Waals surface area contributed by atoms with Gasteiger partial charge in [-0.25, -0.2) is 4.79 Å². The van der Waals surface area contributed by atoms with E-state index >= 15 is 0 Å². The second-order valence-electron chi connectivity index (χ2n) is 8.99. The van der Waals surface area contributed by atoms with E-state index in [-0.39, 0.29) is 37.0 Å². The summed E-state index contributed by atoms with van der Waals surface area (Å²) < 4.78 is 0. The molecule has 180 valence electrons. The Labute approximate surface area is 204 Å². The number of hydrogen-bond donors (Lipinski definition) is 3. The summed E-state index contributed by atoms with van der Waals surface area (Å²) in [6.45, 7) is 2.43. The summed E-state index contributed by atoms with van der Waals surface area (Å²) in [6, 6.07) is 13.6. The van der Waals surface area contributed by atoms with Gasteiger partial charge >= 0.3 is 6.03 Å². The first-order valence-corrected chi connectivity index (χ1v) is 12.0. The number of benzene rings is 2. The predicted molar refractivity (Wildman–Crippen MR) is 132 cm³/mol. The van der Waals surface area contributed by atoms with E-state index in [1.807, 2.05) is 19.1 Å². The smallest absolute Gasteiger partial charge is 0.323 e. The number of nitrogens with zero attached hydrogens (tertiary/aromatic N) is 2. The second-order valence-corrected chi connectivity index (χ2v) is 9.43. The van der Waals surface area contributed by atoms with E-state index in [0.29, 0.717) is 16.3 Å². The number of anilines is 1. The van der Waals surface area contributed by atoms with E-state index in [2.05, 4.69) is 10.6 Å². The van der Waals surface area contributed by atoms with Crippen molar-refractivity contribution in [3.05, 3.63) is 64.7 Å².